The number of hydrogen-bond acceptors (Lipinski definition) is 0. The van der Waals surface area contributed by atoms with E-state index in [2.05, 4.69) is 46.3 Å². The summed E-state index contributed by atoms with van der Waals surface area (Å²) in [6.45, 7) is 0. The average Bonchev–Trinajstić information content (AvgIpc) is 2.91. The molecule has 0 aromatic heterocycles. The zero-order chi connectivity index (χ0) is 13.1. The van der Waals surface area contributed by atoms with E-state index < -0.39 is 0 Å². The van der Waals surface area contributed by atoms with Crippen molar-refractivity contribution in [3.05, 3.63) is 57.2 Å². The van der Waals surface area contributed by atoms with E-state index in [1.54, 1.807) is 5.57 Å². The van der Waals surface area contributed by atoms with E-state index in [1.165, 1.54) is 72.6 Å². The van der Waals surface area contributed by atoms with Gasteiger partial charge in [0.05, 0.1) is 0 Å². The monoisotopic (exact) mass is 316 g/mol. The maximum absolute atomic E-state index is 3.75. The number of allylic oxidation sites excluding steroid dienone is 10. The van der Waals surface area contributed by atoms with Crippen molar-refractivity contribution in [2.24, 2.45) is 0 Å². The molecule has 1 heteroatoms. The summed E-state index contributed by atoms with van der Waals surface area (Å²) in [6, 6.07) is 0. The summed E-state index contributed by atoms with van der Waals surface area (Å²) < 4.78 is 1.42. The molecule has 0 bridgehead atoms. The van der Waals surface area contributed by atoms with Crippen LogP contribution in [0.3, 0.4) is 0 Å². The van der Waals surface area contributed by atoms with E-state index in [0.717, 1.165) is 0 Å². The predicted molar refractivity (Wildman–Crippen MR) is 86.3 cm³/mol. The standard InChI is InChI=1S/C18H21Br/c19-18-12-5-4-9-16(18)13-15-10-6-11-17(15)14-7-2-1-3-8-14/h6-7,10-11,13H,1-5,8-9,12H2/b15-13-. The Morgan fingerprint density at radius 3 is 2.63 bits per heavy atom. The van der Waals surface area contributed by atoms with Gasteiger partial charge in [-0.1, -0.05) is 46.3 Å². The molecule has 0 saturated carbocycles. The van der Waals surface area contributed by atoms with Crippen molar-refractivity contribution < 1.29 is 0 Å². The zero-order valence-corrected chi connectivity index (χ0v) is 13.0. The molecule has 19 heavy (non-hydrogen) atoms. The lowest BCUT2D eigenvalue weighted by Gasteiger charge is -2.17. The Morgan fingerprint density at radius 2 is 1.84 bits per heavy atom. The molecule has 0 atom stereocenters. The Bertz CT molecular complexity index is 512. The molecule has 0 heterocycles. The molecule has 0 saturated heterocycles. The number of rotatable bonds is 2. The van der Waals surface area contributed by atoms with Crippen LogP contribution in [-0.2, 0) is 0 Å². The van der Waals surface area contributed by atoms with Crippen molar-refractivity contribution in [2.75, 3.05) is 0 Å². The maximum Gasteiger partial charge on any atom is -0.00171 e. The minimum atomic E-state index is 1.21. The van der Waals surface area contributed by atoms with Crippen molar-refractivity contribution in [3.63, 3.8) is 0 Å². The van der Waals surface area contributed by atoms with Gasteiger partial charge < -0.3 is 0 Å². The molecule has 0 unspecified atom stereocenters. The first-order valence-corrected chi connectivity index (χ1v) is 8.31. The van der Waals surface area contributed by atoms with Crippen LogP contribution < -0.4 is 0 Å². The largest absolute Gasteiger partial charge is 0.0807 e. The van der Waals surface area contributed by atoms with Gasteiger partial charge in [0.1, 0.15) is 0 Å². The van der Waals surface area contributed by atoms with Crippen LogP contribution in [0.1, 0.15) is 51.4 Å². The molecule has 0 amide bonds. The van der Waals surface area contributed by atoms with Gasteiger partial charge in [-0.2, -0.15) is 0 Å². The molecule has 0 N–H and O–H groups in total. The number of hydrogen-bond donors (Lipinski definition) is 0. The summed E-state index contributed by atoms with van der Waals surface area (Å²) in [5.74, 6) is 0. The molecule has 0 nitrogen and oxygen atoms in total. The minimum absolute atomic E-state index is 1.21. The normalized spacial score (nSPS) is 25.8. The fourth-order valence-electron chi connectivity index (χ4n) is 3.17. The Balaban J connectivity index is 1.86. The van der Waals surface area contributed by atoms with Gasteiger partial charge in [0.2, 0.25) is 0 Å². The van der Waals surface area contributed by atoms with Gasteiger partial charge in [-0.3, -0.25) is 0 Å². The Labute approximate surface area is 124 Å². The highest BCUT2D eigenvalue weighted by Gasteiger charge is 2.16. The molecular weight excluding hydrogens is 296 g/mol. The SMILES string of the molecule is BrC1=C(/C=C2/C=CC=C2C2=CCCCC2)CCCC1. The molecule has 3 aliphatic carbocycles. The Morgan fingerprint density at radius 1 is 1.00 bits per heavy atom. The van der Waals surface area contributed by atoms with Crippen LogP contribution in [0.25, 0.3) is 0 Å². The van der Waals surface area contributed by atoms with Crippen LogP contribution >= 0.6 is 15.9 Å². The molecular formula is C18H21Br. The second-order valence-corrected chi connectivity index (χ2v) is 6.61. The molecule has 3 aliphatic rings. The van der Waals surface area contributed by atoms with Crippen molar-refractivity contribution >= 4 is 15.9 Å². The van der Waals surface area contributed by atoms with Gasteiger partial charge >= 0.3 is 0 Å². The highest BCUT2D eigenvalue weighted by atomic mass is 79.9. The van der Waals surface area contributed by atoms with Gasteiger partial charge in [-0.25, -0.2) is 0 Å². The second-order valence-electron chi connectivity index (χ2n) is 5.65. The lowest BCUT2D eigenvalue weighted by atomic mass is 9.89. The molecule has 0 radical (unpaired) electrons. The van der Waals surface area contributed by atoms with Crippen LogP contribution in [0.2, 0.25) is 0 Å². The van der Waals surface area contributed by atoms with Gasteiger partial charge in [-0.15, -0.1) is 0 Å². The van der Waals surface area contributed by atoms with Gasteiger partial charge in [0.25, 0.3) is 0 Å². The molecule has 0 fully saturated rings. The Hall–Kier alpha value is -0.820. The van der Waals surface area contributed by atoms with Gasteiger partial charge in [0, 0.05) is 0 Å². The van der Waals surface area contributed by atoms with Crippen LogP contribution in [0.4, 0.5) is 0 Å². The van der Waals surface area contributed by atoms with E-state index in [-0.39, 0.29) is 0 Å². The minimum Gasteiger partial charge on any atom is -0.0807 e. The number of halogens is 1. The average molecular weight is 317 g/mol. The molecule has 100 valence electrons. The summed E-state index contributed by atoms with van der Waals surface area (Å²) in [6.07, 6.45) is 21.9. The Kier molecular flexibility index (Phi) is 4.22. The zero-order valence-electron chi connectivity index (χ0n) is 11.4. The van der Waals surface area contributed by atoms with Crippen LogP contribution in [0, 0.1) is 0 Å². The van der Waals surface area contributed by atoms with E-state index in [9.17, 15) is 0 Å². The van der Waals surface area contributed by atoms with Crippen molar-refractivity contribution in [3.8, 4) is 0 Å². The smallest absolute Gasteiger partial charge is 0.00171 e. The third-order valence-electron chi connectivity index (χ3n) is 4.26. The molecule has 0 spiro atoms. The van der Waals surface area contributed by atoms with Crippen molar-refractivity contribution in [1.82, 2.24) is 0 Å². The van der Waals surface area contributed by atoms with E-state index in [4.69, 9.17) is 0 Å². The van der Waals surface area contributed by atoms with Crippen molar-refractivity contribution in [2.45, 2.75) is 51.4 Å². The fraction of sp³-hybridized carbons (Fsp3) is 0.444. The third kappa shape index (κ3) is 3.02. The van der Waals surface area contributed by atoms with E-state index >= 15 is 0 Å². The first-order chi connectivity index (χ1) is 9.34. The van der Waals surface area contributed by atoms with Crippen LogP contribution in [0.15, 0.2) is 57.2 Å². The molecule has 0 aromatic carbocycles. The highest BCUT2D eigenvalue weighted by molar-refractivity contribution is 9.11. The second kappa shape index (κ2) is 6.09. The summed E-state index contributed by atoms with van der Waals surface area (Å²) in [4.78, 5) is 0. The predicted octanol–water partition coefficient (Wildman–Crippen LogP) is 6.13. The fourth-order valence-corrected chi connectivity index (χ4v) is 3.76. The maximum atomic E-state index is 3.75. The topological polar surface area (TPSA) is 0 Å². The molecule has 3 rings (SSSR count). The van der Waals surface area contributed by atoms with Crippen molar-refractivity contribution in [1.29, 1.82) is 0 Å². The summed E-state index contributed by atoms with van der Waals surface area (Å²) in [5.41, 5.74) is 5.96. The first-order valence-electron chi connectivity index (χ1n) is 7.52. The first kappa shape index (κ1) is 13.2. The van der Waals surface area contributed by atoms with E-state index in [0.29, 0.717) is 0 Å². The van der Waals surface area contributed by atoms with Gasteiger partial charge in [-0.05, 0) is 78.1 Å². The molecule has 0 aromatic rings. The lowest BCUT2D eigenvalue weighted by molar-refractivity contribution is 0.704. The van der Waals surface area contributed by atoms with E-state index in [1.807, 2.05) is 0 Å². The summed E-state index contributed by atoms with van der Waals surface area (Å²) in [5, 5.41) is 0. The lowest BCUT2D eigenvalue weighted by Crippen LogP contribution is -1.98. The third-order valence-corrected chi connectivity index (χ3v) is 5.16. The van der Waals surface area contributed by atoms with Gasteiger partial charge in [0.15, 0.2) is 0 Å². The van der Waals surface area contributed by atoms with Crippen LogP contribution in [0.5, 0.6) is 0 Å². The summed E-state index contributed by atoms with van der Waals surface area (Å²) in [7, 11) is 0. The van der Waals surface area contributed by atoms with Crippen LogP contribution in [-0.4, -0.2) is 0 Å². The quantitative estimate of drug-likeness (QED) is 0.574. The highest BCUT2D eigenvalue weighted by Crippen LogP contribution is 2.36. The molecule has 0 aliphatic heterocycles. The summed E-state index contributed by atoms with van der Waals surface area (Å²) >= 11 is 3.75.